The number of aliphatic imine (C=N–C) groups is 1. The average Bonchev–Trinajstić information content (AvgIpc) is 2.48. The Hall–Kier alpha value is -1.49. The molecule has 20 heavy (non-hydrogen) atoms. The van der Waals surface area contributed by atoms with Crippen LogP contribution in [0.3, 0.4) is 0 Å². The molecule has 2 rings (SSSR count). The van der Waals surface area contributed by atoms with Gasteiger partial charge in [0.25, 0.3) is 0 Å². The lowest BCUT2D eigenvalue weighted by Crippen LogP contribution is -2.38. The summed E-state index contributed by atoms with van der Waals surface area (Å²) in [4.78, 5) is 17.8. The number of carbonyl (C=O) groups is 1. The van der Waals surface area contributed by atoms with E-state index in [2.05, 4.69) is 9.89 Å². The van der Waals surface area contributed by atoms with E-state index in [1.54, 1.807) is 6.92 Å². The first-order valence-corrected chi connectivity index (χ1v) is 7.81. The first kappa shape index (κ1) is 14.9. The van der Waals surface area contributed by atoms with Gasteiger partial charge in [-0.25, -0.2) is 4.99 Å². The second kappa shape index (κ2) is 7.33. The van der Waals surface area contributed by atoms with Crippen LogP contribution in [0.25, 0.3) is 0 Å². The molecule has 1 aliphatic rings. The van der Waals surface area contributed by atoms with Crippen molar-refractivity contribution < 1.29 is 9.90 Å². The Morgan fingerprint density at radius 1 is 1.25 bits per heavy atom. The number of thioether (sulfide) groups is 1. The maximum atomic E-state index is 11.0. The Morgan fingerprint density at radius 3 is 2.50 bits per heavy atom. The van der Waals surface area contributed by atoms with Gasteiger partial charge in [-0.3, -0.25) is 0 Å². The standard InChI is InChI=1S/C15H20N2O2S/c1-12(14(18)19)20-15(17-10-6-3-7-11-17)16-13-8-4-2-5-9-13/h2,4-5,8-9,12H,3,6-7,10-11H2,1H3,(H,18,19)/p-1/t12-/m0/s1. The molecule has 5 heteroatoms. The van der Waals surface area contributed by atoms with E-state index in [1.165, 1.54) is 18.2 Å². The van der Waals surface area contributed by atoms with Crippen molar-refractivity contribution in [3.05, 3.63) is 30.3 Å². The van der Waals surface area contributed by atoms with Crippen molar-refractivity contribution in [2.75, 3.05) is 13.1 Å². The average molecular weight is 291 g/mol. The molecule has 0 radical (unpaired) electrons. The fourth-order valence-corrected chi connectivity index (χ4v) is 2.98. The number of likely N-dealkylation sites (tertiary alicyclic amines) is 1. The highest BCUT2D eigenvalue weighted by atomic mass is 32.2. The molecule has 0 unspecified atom stereocenters. The Bertz CT molecular complexity index is 470. The molecule has 1 fully saturated rings. The summed E-state index contributed by atoms with van der Waals surface area (Å²) >= 11 is 1.27. The first-order valence-electron chi connectivity index (χ1n) is 6.93. The highest BCUT2D eigenvalue weighted by Gasteiger charge is 2.18. The van der Waals surface area contributed by atoms with Gasteiger partial charge in [-0.15, -0.1) is 0 Å². The monoisotopic (exact) mass is 291 g/mol. The van der Waals surface area contributed by atoms with Crippen LogP contribution in [-0.4, -0.2) is 34.4 Å². The van der Waals surface area contributed by atoms with Crippen molar-refractivity contribution in [3.63, 3.8) is 0 Å². The van der Waals surface area contributed by atoms with Gasteiger partial charge >= 0.3 is 0 Å². The van der Waals surface area contributed by atoms with Crippen molar-refractivity contribution in [2.45, 2.75) is 31.4 Å². The predicted molar refractivity (Wildman–Crippen MR) is 81.0 cm³/mol. The number of para-hydroxylation sites is 1. The van der Waals surface area contributed by atoms with Crippen LogP contribution in [0.1, 0.15) is 26.2 Å². The van der Waals surface area contributed by atoms with Gasteiger partial charge < -0.3 is 14.8 Å². The summed E-state index contributed by atoms with van der Waals surface area (Å²) in [6.07, 6.45) is 3.50. The molecule has 1 atom stereocenters. The third-order valence-corrected chi connectivity index (χ3v) is 4.33. The molecule has 1 aromatic rings. The number of carboxylic acid groups (broad SMARTS) is 1. The van der Waals surface area contributed by atoms with E-state index in [1.807, 2.05) is 30.3 Å². The Balaban J connectivity index is 2.18. The molecular formula is C15H19N2O2S-. The minimum absolute atomic E-state index is 0.598. The van der Waals surface area contributed by atoms with E-state index in [0.29, 0.717) is 0 Å². The molecule has 0 spiro atoms. The van der Waals surface area contributed by atoms with Crippen molar-refractivity contribution in [3.8, 4) is 0 Å². The lowest BCUT2D eigenvalue weighted by molar-refractivity contribution is -0.304. The number of nitrogens with zero attached hydrogens (tertiary/aromatic N) is 2. The van der Waals surface area contributed by atoms with Crippen molar-refractivity contribution >= 4 is 28.6 Å². The van der Waals surface area contributed by atoms with Gasteiger partial charge in [0.2, 0.25) is 0 Å². The zero-order valence-corrected chi connectivity index (χ0v) is 12.4. The number of rotatable bonds is 3. The fraction of sp³-hybridized carbons (Fsp3) is 0.467. The lowest BCUT2D eigenvalue weighted by atomic mass is 10.1. The van der Waals surface area contributed by atoms with E-state index < -0.39 is 11.2 Å². The maximum Gasteiger partial charge on any atom is 0.165 e. The van der Waals surface area contributed by atoms with E-state index in [4.69, 9.17) is 0 Å². The summed E-state index contributed by atoms with van der Waals surface area (Å²) in [5.74, 6) is -1.05. The molecule has 0 aliphatic carbocycles. The number of carboxylic acids is 1. The number of hydrogen-bond donors (Lipinski definition) is 0. The van der Waals surface area contributed by atoms with E-state index in [0.717, 1.165) is 36.8 Å². The molecule has 1 aromatic carbocycles. The topological polar surface area (TPSA) is 55.7 Å². The maximum absolute atomic E-state index is 11.0. The van der Waals surface area contributed by atoms with Gasteiger partial charge in [0.15, 0.2) is 5.17 Å². The third kappa shape index (κ3) is 4.27. The molecule has 0 bridgehead atoms. The van der Waals surface area contributed by atoms with Crippen LogP contribution in [0.4, 0.5) is 5.69 Å². The molecule has 1 heterocycles. The minimum atomic E-state index is -1.05. The van der Waals surface area contributed by atoms with Gasteiger partial charge in [-0.05, 0) is 38.3 Å². The van der Waals surface area contributed by atoms with Crippen LogP contribution < -0.4 is 5.11 Å². The van der Waals surface area contributed by atoms with Crippen molar-refractivity contribution in [1.29, 1.82) is 0 Å². The fourth-order valence-electron chi connectivity index (χ4n) is 2.08. The highest BCUT2D eigenvalue weighted by Crippen LogP contribution is 2.23. The van der Waals surface area contributed by atoms with Crippen LogP contribution in [0, 0.1) is 0 Å². The van der Waals surface area contributed by atoms with Crippen LogP contribution in [0.2, 0.25) is 0 Å². The van der Waals surface area contributed by atoms with E-state index >= 15 is 0 Å². The number of benzene rings is 1. The highest BCUT2D eigenvalue weighted by molar-refractivity contribution is 8.14. The third-order valence-electron chi connectivity index (χ3n) is 3.22. The van der Waals surface area contributed by atoms with Gasteiger partial charge in [-0.2, -0.15) is 0 Å². The number of amidine groups is 1. The zero-order chi connectivity index (χ0) is 14.4. The Morgan fingerprint density at radius 2 is 1.90 bits per heavy atom. The summed E-state index contributed by atoms with van der Waals surface area (Å²) < 4.78 is 0. The summed E-state index contributed by atoms with van der Waals surface area (Å²) in [5.41, 5.74) is 0.853. The Labute approximate surface area is 123 Å². The number of carbonyl (C=O) groups excluding carboxylic acids is 1. The van der Waals surface area contributed by atoms with E-state index in [9.17, 15) is 9.90 Å². The lowest BCUT2D eigenvalue weighted by Gasteiger charge is -2.30. The van der Waals surface area contributed by atoms with Crippen LogP contribution >= 0.6 is 11.8 Å². The second-order valence-electron chi connectivity index (χ2n) is 4.86. The second-order valence-corrected chi connectivity index (χ2v) is 6.16. The van der Waals surface area contributed by atoms with Crippen LogP contribution in [0.5, 0.6) is 0 Å². The van der Waals surface area contributed by atoms with Gasteiger partial charge in [0.1, 0.15) is 0 Å². The first-order chi connectivity index (χ1) is 9.66. The van der Waals surface area contributed by atoms with E-state index in [-0.39, 0.29) is 0 Å². The summed E-state index contributed by atoms with van der Waals surface area (Å²) in [5, 5.41) is 11.2. The van der Waals surface area contributed by atoms with Crippen molar-refractivity contribution in [1.82, 2.24) is 4.90 Å². The normalized spacial score (nSPS) is 17.9. The summed E-state index contributed by atoms with van der Waals surface area (Å²) in [6.45, 7) is 3.53. The number of aliphatic carboxylic acids is 1. The quantitative estimate of drug-likeness (QED) is 0.631. The van der Waals surface area contributed by atoms with Gasteiger partial charge in [-0.1, -0.05) is 30.0 Å². The van der Waals surface area contributed by atoms with Gasteiger partial charge in [0, 0.05) is 18.3 Å². The van der Waals surface area contributed by atoms with Crippen LogP contribution in [-0.2, 0) is 4.79 Å². The largest absolute Gasteiger partial charge is 0.549 e. The molecule has 4 nitrogen and oxygen atoms in total. The summed E-state index contributed by atoms with van der Waals surface area (Å²) in [7, 11) is 0. The molecule has 0 amide bonds. The number of piperidine rings is 1. The molecule has 0 saturated carbocycles. The molecule has 1 aliphatic heterocycles. The summed E-state index contributed by atoms with van der Waals surface area (Å²) in [6, 6.07) is 9.65. The smallest absolute Gasteiger partial charge is 0.165 e. The molecule has 0 aromatic heterocycles. The molecule has 1 saturated heterocycles. The Kier molecular flexibility index (Phi) is 5.47. The number of hydrogen-bond acceptors (Lipinski definition) is 4. The SMILES string of the molecule is C[C@H](SC(=Nc1ccccc1)N1CCCCC1)C(=O)[O-]. The van der Waals surface area contributed by atoms with Crippen LogP contribution in [0.15, 0.2) is 35.3 Å². The van der Waals surface area contributed by atoms with Gasteiger partial charge in [0.05, 0.1) is 11.7 Å². The molecule has 0 N–H and O–H groups in total. The predicted octanol–water partition coefficient (Wildman–Crippen LogP) is 2.03. The van der Waals surface area contributed by atoms with Crippen molar-refractivity contribution in [2.24, 2.45) is 4.99 Å². The molecular weight excluding hydrogens is 272 g/mol. The molecule has 108 valence electrons. The minimum Gasteiger partial charge on any atom is -0.549 e. The zero-order valence-electron chi connectivity index (χ0n) is 11.6.